The Hall–Kier alpha value is -1.10. The molecule has 1 unspecified atom stereocenters. The summed E-state index contributed by atoms with van der Waals surface area (Å²) in [5, 5.41) is 7.89. The highest BCUT2D eigenvalue weighted by molar-refractivity contribution is 6.31. The molecule has 0 saturated carbocycles. The number of rotatable bonds is 4. The normalized spacial score (nSPS) is 19.5. The second-order valence-electron chi connectivity index (χ2n) is 4.02. The zero-order valence-corrected chi connectivity index (χ0v) is 10.2. The molecule has 0 radical (unpaired) electrons. The van der Waals surface area contributed by atoms with Gasteiger partial charge in [0, 0.05) is 17.2 Å². The van der Waals surface area contributed by atoms with Crippen molar-refractivity contribution < 1.29 is 9.47 Å². The van der Waals surface area contributed by atoms with E-state index in [-0.39, 0.29) is 11.9 Å². The lowest BCUT2D eigenvalue weighted by atomic mass is 10.1. The fraction of sp³-hybridized carbons (Fsp3) is 0.417. The molecule has 1 aromatic carbocycles. The van der Waals surface area contributed by atoms with E-state index in [1.54, 1.807) is 12.1 Å². The second kappa shape index (κ2) is 5.49. The number of nitrogens with one attached hydrogen (secondary N) is 1. The van der Waals surface area contributed by atoms with Crippen LogP contribution in [0.1, 0.15) is 17.5 Å². The van der Waals surface area contributed by atoms with Crippen LogP contribution in [-0.4, -0.2) is 25.2 Å². The van der Waals surface area contributed by atoms with Crippen LogP contribution in [0.15, 0.2) is 18.2 Å². The van der Waals surface area contributed by atoms with Crippen LogP contribution in [0.4, 0.5) is 0 Å². The number of amidine groups is 1. The Morgan fingerprint density at radius 2 is 2.41 bits per heavy atom. The Morgan fingerprint density at radius 1 is 1.59 bits per heavy atom. The first-order valence-electron chi connectivity index (χ1n) is 5.49. The first kappa shape index (κ1) is 12.4. The fourth-order valence-electron chi connectivity index (χ4n) is 1.68. The van der Waals surface area contributed by atoms with Crippen LogP contribution >= 0.6 is 11.6 Å². The third kappa shape index (κ3) is 3.19. The third-order valence-electron chi connectivity index (χ3n) is 2.73. The Bertz CT molecular complexity index is 417. The van der Waals surface area contributed by atoms with Gasteiger partial charge in [-0.05, 0) is 18.1 Å². The highest BCUT2D eigenvalue weighted by Crippen LogP contribution is 2.20. The molecule has 92 valence electrons. The van der Waals surface area contributed by atoms with Crippen molar-refractivity contribution in [1.29, 1.82) is 5.41 Å². The lowest BCUT2D eigenvalue weighted by molar-refractivity contribution is 0.0318. The number of benzene rings is 1. The molecule has 17 heavy (non-hydrogen) atoms. The van der Waals surface area contributed by atoms with Crippen LogP contribution < -0.4 is 5.73 Å². The van der Waals surface area contributed by atoms with Gasteiger partial charge < -0.3 is 15.2 Å². The van der Waals surface area contributed by atoms with E-state index >= 15 is 0 Å². The Kier molecular flexibility index (Phi) is 3.99. The van der Waals surface area contributed by atoms with E-state index in [2.05, 4.69) is 0 Å². The largest absolute Gasteiger partial charge is 0.384 e. The van der Waals surface area contributed by atoms with Crippen molar-refractivity contribution in [2.24, 2.45) is 5.73 Å². The van der Waals surface area contributed by atoms with Gasteiger partial charge in [0.25, 0.3) is 0 Å². The van der Waals surface area contributed by atoms with Gasteiger partial charge in [0.15, 0.2) is 0 Å². The topological polar surface area (TPSA) is 68.3 Å². The van der Waals surface area contributed by atoms with Gasteiger partial charge >= 0.3 is 0 Å². The lowest BCUT2D eigenvalue weighted by Gasteiger charge is -2.11. The van der Waals surface area contributed by atoms with Gasteiger partial charge in [-0.15, -0.1) is 0 Å². The van der Waals surface area contributed by atoms with Crippen molar-refractivity contribution in [3.05, 3.63) is 34.3 Å². The molecule has 2 rings (SSSR count). The summed E-state index contributed by atoms with van der Waals surface area (Å²) in [7, 11) is 0. The summed E-state index contributed by atoms with van der Waals surface area (Å²) < 4.78 is 10.9. The summed E-state index contributed by atoms with van der Waals surface area (Å²) in [5.41, 5.74) is 6.92. The molecule has 0 bridgehead atoms. The van der Waals surface area contributed by atoms with Crippen molar-refractivity contribution in [2.45, 2.75) is 19.1 Å². The van der Waals surface area contributed by atoms with Crippen molar-refractivity contribution in [3.8, 4) is 0 Å². The average Bonchev–Trinajstić information content (AvgIpc) is 2.80. The SMILES string of the molecule is N=C(N)c1ccc(COC2CCOC2)c(Cl)c1. The van der Waals surface area contributed by atoms with Gasteiger partial charge in [0.1, 0.15) is 5.84 Å². The molecule has 1 aliphatic heterocycles. The van der Waals surface area contributed by atoms with Crippen molar-refractivity contribution in [2.75, 3.05) is 13.2 Å². The molecule has 0 amide bonds. The molecule has 0 aromatic heterocycles. The summed E-state index contributed by atoms with van der Waals surface area (Å²) in [6.07, 6.45) is 1.10. The van der Waals surface area contributed by atoms with Gasteiger partial charge in [-0.2, -0.15) is 0 Å². The number of ether oxygens (including phenoxy) is 2. The molecule has 0 aliphatic carbocycles. The number of hydrogen-bond acceptors (Lipinski definition) is 3. The first-order valence-corrected chi connectivity index (χ1v) is 5.87. The summed E-state index contributed by atoms with van der Waals surface area (Å²) >= 11 is 6.10. The fourth-order valence-corrected chi connectivity index (χ4v) is 1.92. The minimum Gasteiger partial charge on any atom is -0.384 e. The molecule has 1 aliphatic rings. The zero-order valence-electron chi connectivity index (χ0n) is 9.41. The second-order valence-corrected chi connectivity index (χ2v) is 4.42. The van der Waals surface area contributed by atoms with Gasteiger partial charge in [0.05, 0.1) is 19.3 Å². The number of nitrogens with two attached hydrogens (primary N) is 1. The maximum atomic E-state index is 7.31. The molecular formula is C12H15ClN2O2. The van der Waals surface area contributed by atoms with E-state index < -0.39 is 0 Å². The Morgan fingerprint density at radius 3 is 3.00 bits per heavy atom. The van der Waals surface area contributed by atoms with Gasteiger partial charge in [-0.3, -0.25) is 5.41 Å². The highest BCUT2D eigenvalue weighted by atomic mass is 35.5. The molecule has 0 spiro atoms. The van der Waals surface area contributed by atoms with Crippen LogP contribution in [0.3, 0.4) is 0 Å². The molecular weight excluding hydrogens is 240 g/mol. The average molecular weight is 255 g/mol. The van der Waals surface area contributed by atoms with Gasteiger partial charge in [-0.25, -0.2) is 0 Å². The quantitative estimate of drug-likeness (QED) is 0.637. The molecule has 1 fully saturated rings. The molecule has 1 atom stereocenters. The summed E-state index contributed by atoms with van der Waals surface area (Å²) in [5.74, 6) is 0.0172. The monoisotopic (exact) mass is 254 g/mol. The predicted octanol–water partition coefficient (Wildman–Crippen LogP) is 1.93. The summed E-state index contributed by atoms with van der Waals surface area (Å²) in [6.45, 7) is 1.88. The predicted molar refractivity (Wildman–Crippen MR) is 66.5 cm³/mol. The zero-order chi connectivity index (χ0) is 12.3. The van der Waals surface area contributed by atoms with Crippen LogP contribution in [0.25, 0.3) is 0 Å². The molecule has 1 aromatic rings. The summed E-state index contributed by atoms with van der Waals surface area (Å²) in [6, 6.07) is 5.31. The van der Waals surface area contributed by atoms with Crippen LogP contribution in [0.2, 0.25) is 5.02 Å². The highest BCUT2D eigenvalue weighted by Gasteiger charge is 2.16. The molecule has 4 nitrogen and oxygen atoms in total. The molecule has 5 heteroatoms. The Balaban J connectivity index is 1.98. The van der Waals surface area contributed by atoms with E-state index in [0.717, 1.165) is 18.6 Å². The number of halogens is 1. The number of hydrogen-bond donors (Lipinski definition) is 2. The van der Waals surface area contributed by atoms with E-state index in [4.69, 9.17) is 32.2 Å². The smallest absolute Gasteiger partial charge is 0.122 e. The van der Waals surface area contributed by atoms with Crippen molar-refractivity contribution in [3.63, 3.8) is 0 Å². The van der Waals surface area contributed by atoms with Crippen molar-refractivity contribution in [1.82, 2.24) is 0 Å². The van der Waals surface area contributed by atoms with Crippen molar-refractivity contribution >= 4 is 17.4 Å². The van der Waals surface area contributed by atoms with Crippen LogP contribution in [-0.2, 0) is 16.1 Å². The van der Waals surface area contributed by atoms with Crippen LogP contribution in [0.5, 0.6) is 0 Å². The number of nitrogen functional groups attached to an aromatic ring is 1. The third-order valence-corrected chi connectivity index (χ3v) is 3.08. The van der Waals surface area contributed by atoms with E-state index in [0.29, 0.717) is 23.8 Å². The minimum atomic E-state index is 0.0172. The van der Waals surface area contributed by atoms with E-state index in [1.807, 2.05) is 6.07 Å². The molecule has 1 heterocycles. The Labute approximate surface area is 105 Å². The maximum Gasteiger partial charge on any atom is 0.122 e. The van der Waals surface area contributed by atoms with Gasteiger partial charge in [0.2, 0.25) is 0 Å². The maximum absolute atomic E-state index is 7.31. The first-order chi connectivity index (χ1) is 8.16. The lowest BCUT2D eigenvalue weighted by Crippen LogP contribution is -2.13. The standard InChI is InChI=1S/C12H15ClN2O2/c13-11-5-8(12(14)15)1-2-9(11)6-17-10-3-4-16-7-10/h1-2,5,10H,3-4,6-7H2,(H3,14,15). The van der Waals surface area contributed by atoms with E-state index in [1.165, 1.54) is 0 Å². The summed E-state index contributed by atoms with van der Waals surface area (Å²) in [4.78, 5) is 0. The van der Waals surface area contributed by atoms with Crippen LogP contribution in [0, 0.1) is 5.41 Å². The minimum absolute atomic E-state index is 0.0172. The van der Waals surface area contributed by atoms with E-state index in [9.17, 15) is 0 Å². The molecule has 1 saturated heterocycles. The van der Waals surface area contributed by atoms with Gasteiger partial charge in [-0.1, -0.05) is 23.7 Å². The molecule has 3 N–H and O–H groups in total.